The number of nitrogens with zero attached hydrogens (tertiary/aromatic N) is 2. The molecule has 6 heteroatoms. The van der Waals surface area contributed by atoms with Gasteiger partial charge in [-0.25, -0.2) is 13.9 Å². The minimum absolute atomic E-state index is 0.144. The molecule has 4 rings (SSSR count). The van der Waals surface area contributed by atoms with E-state index in [0.717, 1.165) is 25.1 Å². The third-order valence-corrected chi connectivity index (χ3v) is 4.02. The number of nitrogens with one attached hydrogen (secondary N) is 2. The minimum atomic E-state index is -0.313. The molecule has 1 aliphatic rings. The van der Waals surface area contributed by atoms with Crippen molar-refractivity contribution in [3.05, 3.63) is 58.3 Å². The third-order valence-electron chi connectivity index (χ3n) is 4.02. The zero-order valence-electron chi connectivity index (χ0n) is 11.8. The number of halogens is 1. The molecule has 1 unspecified atom stereocenters. The number of aromatic amines is 1. The Morgan fingerprint density at radius 2 is 2.18 bits per heavy atom. The summed E-state index contributed by atoms with van der Waals surface area (Å²) in [7, 11) is 0. The number of H-pyrrole nitrogens is 1. The molecule has 3 heterocycles. The maximum absolute atomic E-state index is 13.3. The van der Waals surface area contributed by atoms with Crippen LogP contribution in [0.15, 0.2) is 41.2 Å². The van der Waals surface area contributed by atoms with Gasteiger partial charge in [0.1, 0.15) is 5.82 Å². The molecule has 1 atom stereocenters. The molecule has 0 radical (unpaired) electrons. The highest BCUT2D eigenvalue weighted by Crippen LogP contribution is 2.22. The first-order valence-electron chi connectivity index (χ1n) is 7.33. The molecule has 2 aromatic heterocycles. The molecule has 3 aromatic rings. The normalized spacial score (nSPS) is 18.1. The monoisotopic (exact) mass is 298 g/mol. The summed E-state index contributed by atoms with van der Waals surface area (Å²) in [6.07, 6.45) is 2.08. The van der Waals surface area contributed by atoms with E-state index in [2.05, 4.69) is 15.4 Å². The van der Waals surface area contributed by atoms with Crippen LogP contribution in [0.3, 0.4) is 0 Å². The summed E-state index contributed by atoms with van der Waals surface area (Å²) < 4.78 is 14.7. The SMILES string of the molecule is O=c1cc(C2CCCN2)nc2cc(-c3cccc(F)c3)[nH]n12. The summed E-state index contributed by atoms with van der Waals surface area (Å²) >= 11 is 0. The Labute approximate surface area is 125 Å². The van der Waals surface area contributed by atoms with E-state index >= 15 is 0 Å². The van der Waals surface area contributed by atoms with E-state index < -0.39 is 0 Å². The fourth-order valence-electron chi connectivity index (χ4n) is 2.93. The molecule has 22 heavy (non-hydrogen) atoms. The maximum Gasteiger partial charge on any atom is 0.272 e. The van der Waals surface area contributed by atoms with Crippen LogP contribution in [0.5, 0.6) is 0 Å². The number of hydrogen-bond donors (Lipinski definition) is 2. The molecule has 1 saturated heterocycles. The molecule has 5 nitrogen and oxygen atoms in total. The topological polar surface area (TPSA) is 62.2 Å². The molecule has 0 saturated carbocycles. The van der Waals surface area contributed by atoms with Crippen LogP contribution in [-0.2, 0) is 0 Å². The first kappa shape index (κ1) is 13.2. The van der Waals surface area contributed by atoms with Gasteiger partial charge in [-0.05, 0) is 31.5 Å². The van der Waals surface area contributed by atoms with Crippen molar-refractivity contribution in [1.82, 2.24) is 19.9 Å². The minimum Gasteiger partial charge on any atom is -0.309 e. The second-order valence-electron chi connectivity index (χ2n) is 5.54. The van der Waals surface area contributed by atoms with E-state index in [9.17, 15) is 9.18 Å². The Kier molecular flexibility index (Phi) is 3.04. The van der Waals surface area contributed by atoms with Crippen LogP contribution in [0.1, 0.15) is 24.6 Å². The smallest absolute Gasteiger partial charge is 0.272 e. The Morgan fingerprint density at radius 1 is 1.27 bits per heavy atom. The average Bonchev–Trinajstić information content (AvgIpc) is 3.16. The fraction of sp³-hybridized carbons (Fsp3) is 0.250. The first-order valence-corrected chi connectivity index (χ1v) is 7.33. The van der Waals surface area contributed by atoms with Gasteiger partial charge in [0.25, 0.3) is 5.56 Å². The highest BCUT2D eigenvalue weighted by atomic mass is 19.1. The quantitative estimate of drug-likeness (QED) is 0.763. The van der Waals surface area contributed by atoms with E-state index in [0.29, 0.717) is 16.9 Å². The van der Waals surface area contributed by atoms with Crippen molar-refractivity contribution in [2.24, 2.45) is 0 Å². The van der Waals surface area contributed by atoms with Gasteiger partial charge >= 0.3 is 0 Å². The van der Waals surface area contributed by atoms with Crippen LogP contribution in [-0.4, -0.2) is 21.1 Å². The molecule has 112 valence electrons. The number of fused-ring (bicyclic) bond motifs is 1. The summed E-state index contributed by atoms with van der Waals surface area (Å²) in [4.78, 5) is 16.8. The standard InChI is InChI=1S/C16H15FN4O/c17-11-4-1-3-10(7-11)13-8-15-19-14(12-5-2-6-18-12)9-16(22)21(15)20-13/h1,3-4,7-9,12,18,20H,2,5-6H2. The van der Waals surface area contributed by atoms with Crippen molar-refractivity contribution in [1.29, 1.82) is 0 Å². The van der Waals surface area contributed by atoms with E-state index in [1.807, 2.05) is 0 Å². The second kappa shape index (κ2) is 5.06. The number of rotatable bonds is 2. The van der Waals surface area contributed by atoms with Crippen LogP contribution in [0.25, 0.3) is 16.9 Å². The average molecular weight is 298 g/mol. The van der Waals surface area contributed by atoms with Gasteiger partial charge in [0.05, 0.1) is 11.4 Å². The number of benzene rings is 1. The number of aromatic nitrogens is 3. The molecular formula is C16H15FN4O. The summed E-state index contributed by atoms with van der Waals surface area (Å²) in [6, 6.07) is 9.72. The second-order valence-corrected chi connectivity index (χ2v) is 5.54. The van der Waals surface area contributed by atoms with Crippen molar-refractivity contribution in [2.75, 3.05) is 6.54 Å². The van der Waals surface area contributed by atoms with Crippen molar-refractivity contribution in [2.45, 2.75) is 18.9 Å². The highest BCUT2D eigenvalue weighted by molar-refractivity contribution is 5.64. The van der Waals surface area contributed by atoms with Gasteiger partial charge in [-0.1, -0.05) is 12.1 Å². The lowest BCUT2D eigenvalue weighted by molar-refractivity contribution is 0.624. The van der Waals surface area contributed by atoms with Crippen molar-refractivity contribution < 1.29 is 4.39 Å². The van der Waals surface area contributed by atoms with Crippen LogP contribution in [0, 0.1) is 5.82 Å². The van der Waals surface area contributed by atoms with E-state index in [1.165, 1.54) is 16.6 Å². The zero-order chi connectivity index (χ0) is 15.1. The Hall–Kier alpha value is -2.47. The van der Waals surface area contributed by atoms with Crippen molar-refractivity contribution in [3.8, 4) is 11.3 Å². The summed E-state index contributed by atoms with van der Waals surface area (Å²) in [5.74, 6) is -0.313. The molecule has 0 aliphatic carbocycles. The summed E-state index contributed by atoms with van der Waals surface area (Å²) in [5, 5.41) is 6.32. The molecule has 1 fully saturated rings. The molecule has 2 N–H and O–H groups in total. The van der Waals surface area contributed by atoms with Crippen molar-refractivity contribution >= 4 is 5.65 Å². The van der Waals surface area contributed by atoms with Gasteiger partial charge in [0, 0.05) is 23.7 Å². The van der Waals surface area contributed by atoms with Crippen LogP contribution in [0.2, 0.25) is 0 Å². The van der Waals surface area contributed by atoms with Gasteiger partial charge in [-0.2, -0.15) is 0 Å². The van der Waals surface area contributed by atoms with Gasteiger partial charge < -0.3 is 5.32 Å². The summed E-state index contributed by atoms with van der Waals surface area (Å²) in [5.41, 5.74) is 2.52. The Bertz CT molecular complexity index is 893. The zero-order valence-corrected chi connectivity index (χ0v) is 11.8. The lowest BCUT2D eigenvalue weighted by Gasteiger charge is -2.08. The number of hydrogen-bond acceptors (Lipinski definition) is 3. The lowest BCUT2D eigenvalue weighted by atomic mass is 10.1. The van der Waals surface area contributed by atoms with E-state index in [-0.39, 0.29) is 17.4 Å². The molecule has 1 aromatic carbocycles. The third kappa shape index (κ3) is 2.21. The molecule has 0 amide bonds. The predicted molar refractivity (Wildman–Crippen MR) is 81.2 cm³/mol. The van der Waals surface area contributed by atoms with Crippen LogP contribution >= 0.6 is 0 Å². The molecule has 0 spiro atoms. The molecule has 1 aliphatic heterocycles. The fourth-order valence-corrected chi connectivity index (χ4v) is 2.93. The Balaban J connectivity index is 1.83. The molecule has 0 bridgehead atoms. The molecular weight excluding hydrogens is 283 g/mol. The highest BCUT2D eigenvalue weighted by Gasteiger charge is 2.19. The van der Waals surface area contributed by atoms with E-state index in [4.69, 9.17) is 0 Å². The van der Waals surface area contributed by atoms with Crippen LogP contribution < -0.4 is 10.9 Å². The maximum atomic E-state index is 13.3. The van der Waals surface area contributed by atoms with Crippen molar-refractivity contribution in [3.63, 3.8) is 0 Å². The predicted octanol–water partition coefficient (Wildman–Crippen LogP) is 2.25. The van der Waals surface area contributed by atoms with Gasteiger partial charge in [0.2, 0.25) is 0 Å². The largest absolute Gasteiger partial charge is 0.309 e. The van der Waals surface area contributed by atoms with Gasteiger partial charge in [0.15, 0.2) is 5.65 Å². The summed E-state index contributed by atoms with van der Waals surface area (Å²) in [6.45, 7) is 0.952. The van der Waals surface area contributed by atoms with Gasteiger partial charge in [-0.3, -0.25) is 9.89 Å². The van der Waals surface area contributed by atoms with Crippen LogP contribution in [0.4, 0.5) is 4.39 Å². The van der Waals surface area contributed by atoms with E-state index in [1.54, 1.807) is 24.3 Å². The lowest BCUT2D eigenvalue weighted by Crippen LogP contribution is -2.20. The van der Waals surface area contributed by atoms with Gasteiger partial charge in [-0.15, -0.1) is 0 Å². The Morgan fingerprint density at radius 3 is 2.95 bits per heavy atom. The first-order chi connectivity index (χ1) is 10.7.